The summed E-state index contributed by atoms with van der Waals surface area (Å²) in [6.45, 7) is 1.75. The van der Waals surface area contributed by atoms with E-state index in [0.29, 0.717) is 17.1 Å². The number of nitrogens with one attached hydrogen (secondary N) is 1. The molecule has 0 radical (unpaired) electrons. The first-order valence-electron chi connectivity index (χ1n) is 8.81. The van der Waals surface area contributed by atoms with Crippen LogP contribution < -0.4 is 22.3 Å². The number of anilines is 1. The first-order valence-corrected chi connectivity index (χ1v) is 8.81. The van der Waals surface area contributed by atoms with E-state index in [1.165, 1.54) is 28.9 Å². The van der Waals surface area contributed by atoms with Crippen molar-refractivity contribution in [2.45, 2.75) is 6.92 Å². The molecule has 30 heavy (non-hydrogen) atoms. The number of nitro benzene ring substituents is 1. The molecule has 0 bridgehead atoms. The minimum atomic E-state index is -0.504. The van der Waals surface area contributed by atoms with Crippen LogP contribution in [0.5, 0.6) is 0 Å². The van der Waals surface area contributed by atoms with Gasteiger partial charge in [0.2, 0.25) is 11.9 Å². The van der Waals surface area contributed by atoms with Crippen molar-refractivity contribution in [1.82, 2.24) is 9.36 Å². The third-order valence-corrected chi connectivity index (χ3v) is 4.34. The van der Waals surface area contributed by atoms with Crippen LogP contribution in [0.15, 0.2) is 69.4 Å². The molecule has 0 saturated heterocycles. The lowest BCUT2D eigenvalue weighted by molar-refractivity contribution is -0.384. The average Bonchev–Trinajstić information content (AvgIpc) is 2.92. The van der Waals surface area contributed by atoms with Gasteiger partial charge in [-0.25, -0.2) is 9.67 Å². The van der Waals surface area contributed by atoms with Gasteiger partial charge in [-0.05, 0) is 31.2 Å². The summed E-state index contributed by atoms with van der Waals surface area (Å²) < 4.78 is 3.15. The second-order valence-electron chi connectivity index (χ2n) is 6.31. The first-order chi connectivity index (χ1) is 14.3. The molecule has 0 fully saturated rings. The van der Waals surface area contributed by atoms with Gasteiger partial charge >= 0.3 is 0 Å². The Morgan fingerprint density at radius 3 is 2.33 bits per heavy atom. The van der Waals surface area contributed by atoms with Crippen LogP contribution in [0.4, 0.5) is 17.1 Å². The maximum Gasteiger partial charge on any atom is 0.297 e. The van der Waals surface area contributed by atoms with Crippen molar-refractivity contribution in [1.29, 1.82) is 0 Å². The highest BCUT2D eigenvalue weighted by Crippen LogP contribution is 2.17. The maximum absolute atomic E-state index is 12.8. The van der Waals surface area contributed by atoms with Crippen LogP contribution in [0.1, 0.15) is 5.69 Å². The molecule has 11 nitrogen and oxygen atoms in total. The molecule has 3 rings (SSSR count). The van der Waals surface area contributed by atoms with E-state index in [1.807, 2.05) is 30.3 Å². The zero-order valence-corrected chi connectivity index (χ0v) is 16.3. The highest BCUT2D eigenvalue weighted by molar-refractivity contribution is 6.01. The molecule has 3 aromatic rings. The van der Waals surface area contributed by atoms with Gasteiger partial charge < -0.3 is 16.8 Å². The Morgan fingerprint density at radius 2 is 1.73 bits per heavy atom. The largest absolute Gasteiger partial charge is 0.369 e. The summed E-state index contributed by atoms with van der Waals surface area (Å²) in [5.41, 5.74) is 13.2. The monoisotopic (exact) mass is 408 g/mol. The number of nitro groups is 1. The van der Waals surface area contributed by atoms with Crippen LogP contribution >= 0.6 is 0 Å². The lowest BCUT2D eigenvalue weighted by Crippen LogP contribution is -2.26. The van der Waals surface area contributed by atoms with E-state index in [9.17, 15) is 14.9 Å². The van der Waals surface area contributed by atoms with Gasteiger partial charge in [0.15, 0.2) is 5.69 Å². The molecule has 0 amide bonds. The van der Waals surface area contributed by atoms with Crippen LogP contribution in [0.25, 0.3) is 5.69 Å². The number of hydrogen-bond donors (Lipinski definition) is 3. The van der Waals surface area contributed by atoms with Crippen molar-refractivity contribution in [2.75, 3.05) is 5.32 Å². The van der Waals surface area contributed by atoms with Gasteiger partial charge in [0, 0.05) is 24.9 Å². The third kappa shape index (κ3) is 4.19. The molecule has 0 unspecified atom stereocenters. The van der Waals surface area contributed by atoms with Crippen molar-refractivity contribution in [2.24, 2.45) is 28.5 Å². The molecule has 1 heterocycles. The SMILES string of the molecule is Cc1c(N=C(N)/N=C(\N)Nc2ccc([N+](=O)[O-])cc2)c(=O)n(-c2ccccc2)n1C. The van der Waals surface area contributed by atoms with Crippen molar-refractivity contribution in [3.8, 4) is 5.69 Å². The highest BCUT2D eigenvalue weighted by Gasteiger charge is 2.16. The number of nitrogens with zero attached hydrogens (tertiary/aromatic N) is 5. The molecule has 0 saturated carbocycles. The van der Waals surface area contributed by atoms with E-state index in [-0.39, 0.29) is 28.9 Å². The number of para-hydroxylation sites is 1. The minimum absolute atomic E-state index is 0.0496. The number of aliphatic imine (C=N–C) groups is 2. The van der Waals surface area contributed by atoms with Gasteiger partial charge in [-0.2, -0.15) is 4.99 Å². The summed E-state index contributed by atoms with van der Waals surface area (Å²) in [5.74, 6) is -0.296. The molecule has 5 N–H and O–H groups in total. The van der Waals surface area contributed by atoms with Crippen LogP contribution in [-0.2, 0) is 7.05 Å². The molecule has 0 aliphatic heterocycles. The van der Waals surface area contributed by atoms with Gasteiger partial charge in [0.1, 0.15) is 0 Å². The Bertz CT molecular complexity index is 1190. The molecule has 1 aromatic heterocycles. The van der Waals surface area contributed by atoms with Gasteiger partial charge in [-0.1, -0.05) is 18.2 Å². The number of benzene rings is 2. The maximum atomic E-state index is 12.8. The number of hydrogen-bond acceptors (Lipinski definition) is 4. The van der Waals surface area contributed by atoms with Gasteiger partial charge in [-0.3, -0.25) is 19.6 Å². The van der Waals surface area contributed by atoms with Crippen molar-refractivity contribution in [3.05, 3.63) is 80.8 Å². The molecule has 11 heteroatoms. The molecule has 154 valence electrons. The number of non-ortho nitro benzene ring substituents is 1. The lowest BCUT2D eigenvalue weighted by atomic mass is 10.3. The quantitative estimate of drug-likeness (QED) is 0.258. The van der Waals surface area contributed by atoms with Gasteiger partial charge in [-0.15, -0.1) is 0 Å². The zero-order chi connectivity index (χ0) is 21.8. The number of nitrogens with two attached hydrogens (primary N) is 2. The van der Waals surface area contributed by atoms with Gasteiger partial charge in [0.25, 0.3) is 11.2 Å². The minimum Gasteiger partial charge on any atom is -0.369 e. The van der Waals surface area contributed by atoms with E-state index in [1.54, 1.807) is 18.7 Å². The number of rotatable bonds is 4. The second-order valence-corrected chi connectivity index (χ2v) is 6.31. The fourth-order valence-electron chi connectivity index (χ4n) is 2.79. The number of aromatic nitrogens is 2. The molecular weight excluding hydrogens is 388 g/mol. The predicted molar refractivity (Wildman–Crippen MR) is 115 cm³/mol. The van der Waals surface area contributed by atoms with E-state index < -0.39 is 4.92 Å². The molecule has 0 aliphatic carbocycles. The molecular formula is C19H20N8O3. The fraction of sp³-hybridized carbons (Fsp3) is 0.105. The molecule has 0 spiro atoms. The van der Waals surface area contributed by atoms with E-state index >= 15 is 0 Å². The molecule has 2 aromatic carbocycles. The number of guanidine groups is 2. The Morgan fingerprint density at radius 1 is 1.10 bits per heavy atom. The summed E-state index contributed by atoms with van der Waals surface area (Å²) in [4.78, 5) is 31.1. The Balaban J connectivity index is 1.86. The summed E-state index contributed by atoms with van der Waals surface area (Å²) in [6.07, 6.45) is 0. The van der Waals surface area contributed by atoms with Gasteiger partial charge in [0.05, 0.1) is 16.3 Å². The predicted octanol–water partition coefficient (Wildman–Crippen LogP) is 1.77. The van der Waals surface area contributed by atoms with E-state index in [4.69, 9.17) is 11.5 Å². The van der Waals surface area contributed by atoms with Crippen molar-refractivity contribution >= 4 is 29.0 Å². The fourth-order valence-corrected chi connectivity index (χ4v) is 2.79. The normalized spacial score (nSPS) is 12.1. The van der Waals surface area contributed by atoms with E-state index in [0.717, 1.165) is 0 Å². The average molecular weight is 408 g/mol. The first kappa shape index (κ1) is 20.3. The second kappa shape index (κ2) is 8.31. The molecule has 0 atom stereocenters. The van der Waals surface area contributed by atoms with E-state index in [2.05, 4.69) is 15.3 Å². The molecule has 0 aliphatic rings. The third-order valence-electron chi connectivity index (χ3n) is 4.34. The van der Waals surface area contributed by atoms with Crippen molar-refractivity contribution < 1.29 is 4.92 Å². The smallest absolute Gasteiger partial charge is 0.297 e. The topological polar surface area (TPSA) is 159 Å². The Kier molecular flexibility index (Phi) is 5.63. The summed E-state index contributed by atoms with van der Waals surface area (Å²) in [5, 5.41) is 13.5. The summed E-state index contributed by atoms with van der Waals surface area (Å²) in [6, 6.07) is 14.7. The van der Waals surface area contributed by atoms with Crippen molar-refractivity contribution in [3.63, 3.8) is 0 Å². The summed E-state index contributed by atoms with van der Waals surface area (Å²) >= 11 is 0. The van der Waals surface area contributed by atoms with Crippen LogP contribution in [0.3, 0.4) is 0 Å². The summed E-state index contributed by atoms with van der Waals surface area (Å²) in [7, 11) is 1.74. The van der Waals surface area contributed by atoms with Crippen LogP contribution in [0, 0.1) is 17.0 Å². The standard InChI is InChI=1S/C19H20N8O3/c1-12-16(17(28)26(25(12)2)14-6-4-3-5-7-14)23-19(21)24-18(20)22-13-8-10-15(11-9-13)27(29)30/h3-11H,1-2H3,(H5,20,21,22,23,24). The Hall–Kier alpha value is -4.41. The zero-order valence-electron chi connectivity index (χ0n) is 16.3. The lowest BCUT2D eigenvalue weighted by Gasteiger charge is -2.07. The Labute approximate surface area is 171 Å². The highest BCUT2D eigenvalue weighted by atomic mass is 16.6. The van der Waals surface area contributed by atoms with Crippen LogP contribution in [-0.4, -0.2) is 26.2 Å². The van der Waals surface area contributed by atoms with Crippen LogP contribution in [0.2, 0.25) is 0 Å².